The molecule has 1 saturated carbocycles. The van der Waals surface area contributed by atoms with E-state index in [2.05, 4.69) is 13.8 Å². The third-order valence-corrected chi connectivity index (χ3v) is 4.12. The smallest absolute Gasteiger partial charge is 0.0673 e. The van der Waals surface area contributed by atoms with Crippen LogP contribution in [0.3, 0.4) is 0 Å². The summed E-state index contributed by atoms with van der Waals surface area (Å²) >= 11 is 0. The summed E-state index contributed by atoms with van der Waals surface area (Å²) in [6.07, 6.45) is 6.81. The Morgan fingerprint density at radius 3 is 2.31 bits per heavy atom. The molecule has 1 aliphatic carbocycles. The Kier molecular flexibility index (Phi) is 3.30. The average molecular weight is 227 g/mol. The number of nitrogens with two attached hydrogens (primary N) is 1. The van der Waals surface area contributed by atoms with Crippen molar-refractivity contribution < 1.29 is 9.84 Å². The number of rotatable bonds is 2. The van der Waals surface area contributed by atoms with E-state index in [1.165, 1.54) is 0 Å². The van der Waals surface area contributed by atoms with Crippen molar-refractivity contribution in [3.05, 3.63) is 0 Å². The van der Waals surface area contributed by atoms with Gasteiger partial charge in [-0.05, 0) is 52.4 Å². The van der Waals surface area contributed by atoms with Crippen LogP contribution in [0.1, 0.15) is 58.8 Å². The standard InChI is InChI=1S/C13H25NO2/c1-12(2)6-5-11(16-12)9-13(15)7-3-10(14)4-8-13/h10-11,15H,3-9,14H2,1-2H3. The molecule has 1 aliphatic heterocycles. The Hall–Kier alpha value is -0.120. The van der Waals surface area contributed by atoms with Crippen LogP contribution in [-0.4, -0.2) is 28.5 Å². The lowest BCUT2D eigenvalue weighted by atomic mass is 9.79. The van der Waals surface area contributed by atoms with Crippen molar-refractivity contribution in [1.82, 2.24) is 0 Å². The van der Waals surface area contributed by atoms with E-state index >= 15 is 0 Å². The molecule has 0 radical (unpaired) electrons. The lowest BCUT2D eigenvalue weighted by Crippen LogP contribution is -2.41. The maximum absolute atomic E-state index is 10.5. The zero-order valence-corrected chi connectivity index (χ0v) is 10.5. The number of hydrogen-bond acceptors (Lipinski definition) is 3. The van der Waals surface area contributed by atoms with E-state index in [1.54, 1.807) is 0 Å². The first kappa shape index (κ1) is 12.3. The predicted molar refractivity (Wildman–Crippen MR) is 64.2 cm³/mol. The van der Waals surface area contributed by atoms with E-state index < -0.39 is 5.60 Å². The minimum Gasteiger partial charge on any atom is -0.390 e. The number of aliphatic hydroxyl groups is 1. The molecule has 16 heavy (non-hydrogen) atoms. The summed E-state index contributed by atoms with van der Waals surface area (Å²) in [4.78, 5) is 0. The summed E-state index contributed by atoms with van der Waals surface area (Å²) in [5, 5.41) is 10.5. The van der Waals surface area contributed by atoms with Crippen LogP contribution in [0, 0.1) is 0 Å². The summed E-state index contributed by atoms with van der Waals surface area (Å²) in [6.45, 7) is 4.27. The topological polar surface area (TPSA) is 55.5 Å². The fraction of sp³-hybridized carbons (Fsp3) is 1.00. The summed E-state index contributed by atoms with van der Waals surface area (Å²) in [7, 11) is 0. The van der Waals surface area contributed by atoms with Gasteiger partial charge >= 0.3 is 0 Å². The predicted octanol–water partition coefficient (Wildman–Crippen LogP) is 1.97. The van der Waals surface area contributed by atoms with Crippen molar-refractivity contribution in [3.8, 4) is 0 Å². The molecule has 1 unspecified atom stereocenters. The van der Waals surface area contributed by atoms with Gasteiger partial charge in [0.05, 0.1) is 17.3 Å². The summed E-state index contributed by atoms with van der Waals surface area (Å²) < 4.78 is 5.95. The first-order chi connectivity index (χ1) is 7.39. The second-order valence-electron chi connectivity index (χ2n) is 6.30. The van der Waals surface area contributed by atoms with Crippen LogP contribution in [0.2, 0.25) is 0 Å². The first-order valence-electron chi connectivity index (χ1n) is 6.54. The molecular weight excluding hydrogens is 202 g/mol. The van der Waals surface area contributed by atoms with Gasteiger partial charge in [-0.3, -0.25) is 0 Å². The van der Waals surface area contributed by atoms with Gasteiger partial charge in [-0.1, -0.05) is 0 Å². The number of ether oxygens (including phenoxy) is 1. The highest BCUT2D eigenvalue weighted by atomic mass is 16.5. The second kappa shape index (κ2) is 4.28. The molecule has 0 bridgehead atoms. The van der Waals surface area contributed by atoms with E-state index in [-0.39, 0.29) is 11.7 Å². The quantitative estimate of drug-likeness (QED) is 0.758. The lowest BCUT2D eigenvalue weighted by Gasteiger charge is -2.36. The Balaban J connectivity index is 1.85. The van der Waals surface area contributed by atoms with Gasteiger partial charge in [-0.2, -0.15) is 0 Å². The molecule has 3 heteroatoms. The van der Waals surface area contributed by atoms with E-state index in [1.807, 2.05) is 0 Å². The Morgan fingerprint density at radius 1 is 1.19 bits per heavy atom. The molecule has 0 aromatic heterocycles. The molecule has 2 aliphatic rings. The van der Waals surface area contributed by atoms with Crippen LogP contribution in [0.5, 0.6) is 0 Å². The van der Waals surface area contributed by atoms with Gasteiger partial charge < -0.3 is 15.6 Å². The van der Waals surface area contributed by atoms with Gasteiger partial charge in [-0.25, -0.2) is 0 Å². The van der Waals surface area contributed by atoms with Crippen LogP contribution < -0.4 is 5.73 Å². The molecule has 2 fully saturated rings. The molecule has 3 N–H and O–H groups in total. The molecular formula is C13H25NO2. The first-order valence-corrected chi connectivity index (χ1v) is 6.54. The van der Waals surface area contributed by atoms with Crippen LogP contribution in [0.15, 0.2) is 0 Å². The van der Waals surface area contributed by atoms with Crippen LogP contribution in [0.25, 0.3) is 0 Å². The Morgan fingerprint density at radius 2 is 1.81 bits per heavy atom. The minimum absolute atomic E-state index is 0.00605. The minimum atomic E-state index is -0.513. The SMILES string of the molecule is CC1(C)CCC(CC2(O)CCC(N)CC2)O1. The van der Waals surface area contributed by atoms with Gasteiger partial charge in [0.25, 0.3) is 0 Å². The fourth-order valence-electron chi connectivity index (χ4n) is 3.03. The second-order valence-corrected chi connectivity index (χ2v) is 6.30. The molecule has 1 atom stereocenters. The van der Waals surface area contributed by atoms with Crippen molar-refractivity contribution in [2.45, 2.75) is 82.1 Å². The van der Waals surface area contributed by atoms with Gasteiger partial charge in [-0.15, -0.1) is 0 Å². The summed E-state index contributed by atoms with van der Waals surface area (Å²) in [6, 6.07) is 0.293. The lowest BCUT2D eigenvalue weighted by molar-refractivity contribution is -0.0782. The molecule has 94 valence electrons. The monoisotopic (exact) mass is 227 g/mol. The van der Waals surface area contributed by atoms with Gasteiger partial charge in [0.1, 0.15) is 0 Å². The highest BCUT2D eigenvalue weighted by Crippen LogP contribution is 2.38. The number of hydrogen-bond donors (Lipinski definition) is 2. The normalized spacial score (nSPS) is 43.5. The third-order valence-electron chi connectivity index (χ3n) is 4.12. The molecule has 0 aromatic rings. The van der Waals surface area contributed by atoms with Crippen LogP contribution >= 0.6 is 0 Å². The van der Waals surface area contributed by atoms with Crippen molar-refractivity contribution >= 4 is 0 Å². The molecule has 2 rings (SSSR count). The zero-order chi connectivity index (χ0) is 11.8. The van der Waals surface area contributed by atoms with E-state index in [0.717, 1.165) is 44.9 Å². The Labute approximate surface area is 98.4 Å². The van der Waals surface area contributed by atoms with Crippen LogP contribution in [0.4, 0.5) is 0 Å². The zero-order valence-electron chi connectivity index (χ0n) is 10.5. The fourth-order valence-corrected chi connectivity index (χ4v) is 3.03. The maximum Gasteiger partial charge on any atom is 0.0673 e. The average Bonchev–Trinajstić information content (AvgIpc) is 2.51. The summed E-state index contributed by atoms with van der Waals surface area (Å²) in [5.41, 5.74) is 5.36. The molecule has 3 nitrogen and oxygen atoms in total. The molecule has 0 amide bonds. The van der Waals surface area contributed by atoms with Crippen molar-refractivity contribution in [1.29, 1.82) is 0 Å². The third kappa shape index (κ3) is 2.96. The molecule has 1 heterocycles. The van der Waals surface area contributed by atoms with Crippen molar-refractivity contribution in [2.75, 3.05) is 0 Å². The van der Waals surface area contributed by atoms with Crippen molar-refractivity contribution in [2.24, 2.45) is 5.73 Å². The highest BCUT2D eigenvalue weighted by molar-refractivity contribution is 4.92. The van der Waals surface area contributed by atoms with Crippen molar-refractivity contribution in [3.63, 3.8) is 0 Å². The van der Waals surface area contributed by atoms with Gasteiger partial charge in [0.15, 0.2) is 0 Å². The largest absolute Gasteiger partial charge is 0.390 e. The summed E-state index contributed by atoms with van der Waals surface area (Å²) in [5.74, 6) is 0. The van der Waals surface area contributed by atoms with E-state index in [4.69, 9.17) is 10.5 Å². The molecule has 0 aromatic carbocycles. The van der Waals surface area contributed by atoms with E-state index in [9.17, 15) is 5.11 Å². The van der Waals surface area contributed by atoms with Crippen LogP contribution in [-0.2, 0) is 4.74 Å². The highest BCUT2D eigenvalue weighted by Gasteiger charge is 2.39. The molecule has 0 spiro atoms. The Bertz CT molecular complexity index is 244. The maximum atomic E-state index is 10.5. The van der Waals surface area contributed by atoms with E-state index in [0.29, 0.717) is 6.04 Å². The van der Waals surface area contributed by atoms with Gasteiger partial charge in [0, 0.05) is 12.5 Å². The molecule has 1 saturated heterocycles. The van der Waals surface area contributed by atoms with Gasteiger partial charge in [0.2, 0.25) is 0 Å².